The van der Waals surface area contributed by atoms with E-state index in [9.17, 15) is 4.79 Å². The van der Waals surface area contributed by atoms with Gasteiger partial charge in [0.05, 0.1) is 17.6 Å². The van der Waals surface area contributed by atoms with E-state index in [-0.39, 0.29) is 5.56 Å². The van der Waals surface area contributed by atoms with Gasteiger partial charge in [-0.25, -0.2) is 9.50 Å². The molecule has 1 saturated heterocycles. The van der Waals surface area contributed by atoms with Crippen LogP contribution in [0.2, 0.25) is 0 Å². The molecule has 1 aromatic carbocycles. The topological polar surface area (TPSA) is 65.4 Å². The molecule has 148 valence electrons. The van der Waals surface area contributed by atoms with Gasteiger partial charge in [-0.3, -0.25) is 9.89 Å². The van der Waals surface area contributed by atoms with Crippen molar-refractivity contribution < 1.29 is 0 Å². The third-order valence-electron chi connectivity index (χ3n) is 5.43. The fraction of sp³-hybridized carbons (Fsp3) is 0.455. The van der Waals surface area contributed by atoms with Gasteiger partial charge in [-0.2, -0.15) is 0 Å². The maximum Gasteiger partial charge on any atom is 0.265 e. The summed E-state index contributed by atoms with van der Waals surface area (Å²) in [7, 11) is 2.19. The van der Waals surface area contributed by atoms with Gasteiger partial charge in [-0.05, 0) is 51.4 Å². The van der Waals surface area contributed by atoms with Crippen LogP contribution in [0.3, 0.4) is 0 Å². The van der Waals surface area contributed by atoms with Crippen molar-refractivity contribution in [3.05, 3.63) is 64.2 Å². The minimum atomic E-state index is -0.113. The van der Waals surface area contributed by atoms with Gasteiger partial charge < -0.3 is 10.2 Å². The number of nitrogens with one attached hydrogen (secondary N) is 2. The molecule has 2 fully saturated rings. The molecule has 2 aliphatic rings. The van der Waals surface area contributed by atoms with Crippen molar-refractivity contribution in [2.75, 3.05) is 25.5 Å². The lowest BCUT2D eigenvalue weighted by Gasteiger charge is -2.20. The van der Waals surface area contributed by atoms with E-state index in [4.69, 9.17) is 0 Å². The number of H-pyrrole nitrogens is 1. The SMILES string of the molecule is CN1CCCCC1.O=c1cc(NCc2ccccc2)c2ncc(C3CC3)n2[nH]1. The van der Waals surface area contributed by atoms with Crippen LogP contribution in [-0.4, -0.2) is 39.6 Å². The fourth-order valence-corrected chi connectivity index (χ4v) is 3.65. The smallest absolute Gasteiger partial charge is 0.265 e. The van der Waals surface area contributed by atoms with Gasteiger partial charge in [0.1, 0.15) is 0 Å². The first-order valence-corrected chi connectivity index (χ1v) is 10.3. The second-order valence-electron chi connectivity index (χ2n) is 7.85. The van der Waals surface area contributed by atoms with E-state index in [1.54, 1.807) is 6.07 Å². The molecule has 0 atom stereocenters. The Morgan fingerprint density at radius 2 is 1.89 bits per heavy atom. The largest absolute Gasteiger partial charge is 0.378 e. The zero-order chi connectivity index (χ0) is 19.3. The number of fused-ring (bicyclic) bond motifs is 1. The van der Waals surface area contributed by atoms with Crippen molar-refractivity contribution in [3.8, 4) is 0 Å². The molecule has 3 heterocycles. The van der Waals surface area contributed by atoms with E-state index in [1.165, 1.54) is 50.8 Å². The van der Waals surface area contributed by atoms with Gasteiger partial charge in [-0.15, -0.1) is 0 Å². The molecule has 6 heteroatoms. The molecule has 1 saturated carbocycles. The van der Waals surface area contributed by atoms with Crippen LogP contribution in [0.5, 0.6) is 0 Å². The minimum absolute atomic E-state index is 0.113. The summed E-state index contributed by atoms with van der Waals surface area (Å²) in [5, 5.41) is 6.17. The molecule has 28 heavy (non-hydrogen) atoms. The van der Waals surface area contributed by atoms with Crippen LogP contribution >= 0.6 is 0 Å². The quantitative estimate of drug-likeness (QED) is 0.727. The van der Waals surface area contributed by atoms with E-state index in [0.717, 1.165) is 17.0 Å². The molecule has 0 bridgehead atoms. The van der Waals surface area contributed by atoms with Gasteiger partial charge in [-0.1, -0.05) is 36.8 Å². The predicted octanol–water partition coefficient (Wildman–Crippen LogP) is 3.61. The summed E-state index contributed by atoms with van der Waals surface area (Å²) < 4.78 is 1.83. The Kier molecular flexibility index (Phi) is 5.76. The molecule has 0 radical (unpaired) electrons. The molecule has 0 spiro atoms. The summed E-state index contributed by atoms with van der Waals surface area (Å²) >= 11 is 0. The Labute approximate surface area is 165 Å². The molecule has 0 amide bonds. The first-order valence-electron chi connectivity index (χ1n) is 10.3. The standard InChI is InChI=1S/C16H16N4O.C6H13N/c21-15-8-13(17-9-11-4-2-1-3-5-11)16-18-10-14(12-6-7-12)20(16)19-15;1-7-5-3-2-4-6-7/h1-5,8,10,12,17H,6-7,9H2,(H,19,21);2-6H2,1H3. The Morgan fingerprint density at radius 3 is 2.54 bits per heavy atom. The number of benzene rings is 1. The number of aromatic nitrogens is 3. The fourth-order valence-electron chi connectivity index (χ4n) is 3.65. The van der Waals surface area contributed by atoms with Gasteiger partial charge >= 0.3 is 0 Å². The average Bonchev–Trinajstić information content (AvgIpc) is 3.47. The van der Waals surface area contributed by atoms with E-state index >= 15 is 0 Å². The number of likely N-dealkylation sites (tertiary alicyclic amines) is 1. The average molecular weight is 380 g/mol. The Balaban J connectivity index is 0.000000233. The lowest BCUT2D eigenvalue weighted by molar-refractivity contribution is 0.277. The molecule has 6 nitrogen and oxygen atoms in total. The molecule has 5 rings (SSSR count). The Hall–Kier alpha value is -2.60. The summed E-state index contributed by atoms with van der Waals surface area (Å²) in [5.74, 6) is 0.542. The minimum Gasteiger partial charge on any atom is -0.378 e. The normalized spacial score (nSPS) is 17.2. The van der Waals surface area contributed by atoms with Crippen LogP contribution in [0.1, 0.15) is 49.3 Å². The summed E-state index contributed by atoms with van der Waals surface area (Å²) in [4.78, 5) is 18.7. The second-order valence-corrected chi connectivity index (χ2v) is 7.85. The van der Waals surface area contributed by atoms with Crippen LogP contribution in [0.4, 0.5) is 5.69 Å². The van der Waals surface area contributed by atoms with E-state index in [1.807, 2.05) is 28.9 Å². The third-order valence-corrected chi connectivity index (χ3v) is 5.43. The Morgan fingerprint density at radius 1 is 1.14 bits per heavy atom. The number of piperidine rings is 1. The molecule has 2 N–H and O–H groups in total. The summed E-state index contributed by atoms with van der Waals surface area (Å²) in [6.07, 6.45) is 8.50. The zero-order valence-corrected chi connectivity index (χ0v) is 16.5. The van der Waals surface area contributed by atoms with Crippen LogP contribution in [0, 0.1) is 0 Å². The highest BCUT2D eigenvalue weighted by Gasteiger charge is 2.27. The Bertz CT molecular complexity index is 952. The van der Waals surface area contributed by atoms with Crippen LogP contribution in [-0.2, 0) is 6.54 Å². The molecule has 1 aliphatic carbocycles. The molecule has 2 aromatic heterocycles. The molecule has 3 aromatic rings. The highest BCUT2D eigenvalue weighted by molar-refractivity contribution is 5.67. The van der Waals surface area contributed by atoms with Crippen molar-refractivity contribution in [2.24, 2.45) is 0 Å². The van der Waals surface area contributed by atoms with Crippen LogP contribution < -0.4 is 10.9 Å². The lowest BCUT2D eigenvalue weighted by Crippen LogP contribution is -2.24. The second kappa shape index (κ2) is 8.61. The number of aromatic amines is 1. The van der Waals surface area contributed by atoms with Crippen LogP contribution in [0.25, 0.3) is 5.65 Å². The number of hydrogen-bond donors (Lipinski definition) is 2. The maximum absolute atomic E-state index is 11.9. The predicted molar refractivity (Wildman–Crippen MR) is 113 cm³/mol. The maximum atomic E-state index is 11.9. The highest BCUT2D eigenvalue weighted by Crippen LogP contribution is 2.40. The van der Waals surface area contributed by atoms with Gasteiger partial charge in [0.15, 0.2) is 5.65 Å². The summed E-state index contributed by atoms with van der Waals surface area (Å²) in [6.45, 7) is 3.31. The highest BCUT2D eigenvalue weighted by atomic mass is 16.1. The van der Waals surface area contributed by atoms with Gasteiger partial charge in [0.25, 0.3) is 5.56 Å². The number of nitrogens with zero attached hydrogens (tertiary/aromatic N) is 3. The lowest BCUT2D eigenvalue weighted by atomic mass is 10.1. The van der Waals surface area contributed by atoms with E-state index in [2.05, 4.69) is 39.5 Å². The summed E-state index contributed by atoms with van der Waals surface area (Å²) in [6, 6.07) is 11.7. The number of imidazole rings is 1. The molecular formula is C22H29N5O. The van der Waals surface area contributed by atoms with Crippen LogP contribution in [0.15, 0.2) is 47.4 Å². The van der Waals surface area contributed by atoms with Gasteiger partial charge in [0, 0.05) is 18.5 Å². The van der Waals surface area contributed by atoms with Crippen molar-refractivity contribution in [2.45, 2.75) is 44.6 Å². The van der Waals surface area contributed by atoms with Gasteiger partial charge in [0.2, 0.25) is 0 Å². The van der Waals surface area contributed by atoms with Crippen molar-refractivity contribution in [1.82, 2.24) is 19.5 Å². The third kappa shape index (κ3) is 4.62. The first kappa shape index (κ1) is 18.7. The zero-order valence-electron chi connectivity index (χ0n) is 16.5. The molecule has 0 unspecified atom stereocenters. The van der Waals surface area contributed by atoms with Crippen molar-refractivity contribution in [3.63, 3.8) is 0 Å². The number of rotatable bonds is 4. The van der Waals surface area contributed by atoms with E-state index in [0.29, 0.717) is 12.5 Å². The van der Waals surface area contributed by atoms with Crippen molar-refractivity contribution >= 4 is 11.3 Å². The first-order chi connectivity index (χ1) is 13.7. The monoisotopic (exact) mass is 379 g/mol. The number of anilines is 1. The molecular weight excluding hydrogens is 350 g/mol. The van der Waals surface area contributed by atoms with E-state index < -0.39 is 0 Å². The number of hydrogen-bond acceptors (Lipinski definition) is 4. The summed E-state index contributed by atoms with van der Waals surface area (Å²) in [5.41, 5.74) is 3.72. The van der Waals surface area contributed by atoms with Crippen molar-refractivity contribution in [1.29, 1.82) is 0 Å². The molecule has 1 aliphatic heterocycles.